The number of ether oxygens (including phenoxy) is 1. The number of benzene rings is 2. The summed E-state index contributed by atoms with van der Waals surface area (Å²) in [4.78, 5) is 25.6. The topological polar surface area (TPSA) is 70.7 Å². The van der Waals surface area contributed by atoms with Crippen molar-refractivity contribution in [2.75, 3.05) is 28.7 Å². The highest BCUT2D eigenvalue weighted by Gasteiger charge is 2.24. The average Bonchev–Trinajstić information content (AvgIpc) is 3.05. The lowest BCUT2D eigenvalue weighted by molar-refractivity contribution is -0.116. The van der Waals surface area contributed by atoms with Gasteiger partial charge in [0.2, 0.25) is 5.91 Å². The first kappa shape index (κ1) is 18.4. The van der Waals surface area contributed by atoms with E-state index >= 15 is 0 Å². The van der Waals surface area contributed by atoms with Crippen molar-refractivity contribution in [3.05, 3.63) is 52.5 Å². The molecule has 8 heteroatoms. The van der Waals surface area contributed by atoms with Crippen LogP contribution in [0.15, 0.2) is 42.5 Å². The lowest BCUT2D eigenvalue weighted by Gasteiger charge is -2.18. The molecule has 2 aromatic rings. The Hall–Kier alpha value is -2.44. The van der Waals surface area contributed by atoms with Gasteiger partial charge in [-0.25, -0.2) is 4.79 Å². The fourth-order valence-corrected chi connectivity index (χ4v) is 2.90. The van der Waals surface area contributed by atoms with Crippen LogP contribution in [0.25, 0.3) is 0 Å². The number of carbonyl (C=O) groups is 2. The van der Waals surface area contributed by atoms with Crippen LogP contribution in [-0.4, -0.2) is 31.2 Å². The molecule has 1 saturated heterocycles. The van der Waals surface area contributed by atoms with Crippen LogP contribution in [0.2, 0.25) is 10.0 Å². The third kappa shape index (κ3) is 4.03. The van der Waals surface area contributed by atoms with E-state index in [4.69, 9.17) is 27.9 Å². The molecule has 1 heterocycles. The summed E-state index contributed by atoms with van der Waals surface area (Å²) in [6.45, 7) is 2.60. The molecule has 0 aliphatic carbocycles. The summed E-state index contributed by atoms with van der Waals surface area (Å²) in [5.41, 5.74) is 1.87. The molecule has 0 radical (unpaired) electrons. The molecule has 1 unspecified atom stereocenters. The minimum atomic E-state index is -0.536. The monoisotopic (exact) mass is 393 g/mol. The van der Waals surface area contributed by atoms with E-state index in [0.717, 1.165) is 0 Å². The van der Waals surface area contributed by atoms with E-state index < -0.39 is 6.04 Å². The Balaban J connectivity index is 1.67. The fourth-order valence-electron chi connectivity index (χ4n) is 2.55. The van der Waals surface area contributed by atoms with Crippen LogP contribution < -0.4 is 15.5 Å². The zero-order valence-corrected chi connectivity index (χ0v) is 15.5. The van der Waals surface area contributed by atoms with Crippen LogP contribution in [0.5, 0.6) is 0 Å². The number of carbonyl (C=O) groups excluding carboxylic acids is 2. The number of rotatable bonds is 5. The predicted octanol–water partition coefficient (Wildman–Crippen LogP) is 4.39. The number of nitrogens with one attached hydrogen (secondary N) is 2. The predicted molar refractivity (Wildman–Crippen MR) is 103 cm³/mol. The highest BCUT2D eigenvalue weighted by Crippen LogP contribution is 2.29. The van der Waals surface area contributed by atoms with Crippen LogP contribution in [0, 0.1) is 0 Å². The summed E-state index contributed by atoms with van der Waals surface area (Å²) in [7, 11) is 0. The van der Waals surface area contributed by atoms with E-state index in [1.54, 1.807) is 36.1 Å². The molecule has 0 saturated carbocycles. The number of anilines is 3. The van der Waals surface area contributed by atoms with E-state index in [0.29, 0.717) is 40.3 Å². The first-order valence-electron chi connectivity index (χ1n) is 8.01. The Bertz CT molecular complexity index is 844. The third-order valence-corrected chi connectivity index (χ3v) is 4.72. The van der Waals surface area contributed by atoms with Gasteiger partial charge in [-0.1, -0.05) is 35.3 Å². The van der Waals surface area contributed by atoms with E-state index in [2.05, 4.69) is 10.6 Å². The van der Waals surface area contributed by atoms with Gasteiger partial charge < -0.3 is 15.4 Å². The maximum absolute atomic E-state index is 12.4. The maximum atomic E-state index is 12.4. The summed E-state index contributed by atoms with van der Waals surface area (Å²) in [5, 5.41) is 6.52. The second-order valence-corrected chi connectivity index (χ2v) is 6.56. The smallest absolute Gasteiger partial charge is 0.414 e. The summed E-state index contributed by atoms with van der Waals surface area (Å²) in [6.07, 6.45) is -0.372. The summed E-state index contributed by atoms with van der Waals surface area (Å²) < 4.78 is 4.95. The van der Waals surface area contributed by atoms with Crippen LogP contribution in [0.1, 0.15) is 6.92 Å². The molecule has 136 valence electrons. The van der Waals surface area contributed by atoms with Gasteiger partial charge in [0.1, 0.15) is 12.6 Å². The Morgan fingerprint density at radius 1 is 1.23 bits per heavy atom. The molecule has 1 fully saturated rings. The van der Waals surface area contributed by atoms with E-state index in [9.17, 15) is 9.59 Å². The Labute approximate surface area is 161 Å². The first-order valence-corrected chi connectivity index (χ1v) is 8.77. The second-order valence-electron chi connectivity index (χ2n) is 5.77. The molecule has 2 aromatic carbocycles. The molecule has 2 amide bonds. The standard InChI is InChI=1S/C18H17Cl2N3O3/c1-11(17(24)22-15-7-3-6-14(19)16(15)20)21-12-4-2-5-13(10-12)23-8-9-26-18(23)25/h2-7,10-11,21H,8-9H2,1H3,(H,22,24). The lowest BCUT2D eigenvalue weighted by Crippen LogP contribution is -2.32. The average molecular weight is 394 g/mol. The Morgan fingerprint density at radius 2 is 2.00 bits per heavy atom. The van der Waals surface area contributed by atoms with E-state index in [1.165, 1.54) is 0 Å². The molecule has 6 nitrogen and oxygen atoms in total. The molecule has 26 heavy (non-hydrogen) atoms. The van der Waals surface area contributed by atoms with Gasteiger partial charge in [-0.05, 0) is 37.3 Å². The number of halogens is 2. The fraction of sp³-hybridized carbons (Fsp3) is 0.222. The largest absolute Gasteiger partial charge is 0.447 e. The molecule has 0 spiro atoms. The van der Waals surface area contributed by atoms with Gasteiger partial charge in [0.05, 0.1) is 22.3 Å². The zero-order chi connectivity index (χ0) is 18.7. The van der Waals surface area contributed by atoms with Crippen molar-refractivity contribution in [1.82, 2.24) is 0 Å². The molecule has 0 aromatic heterocycles. The van der Waals surface area contributed by atoms with Crippen LogP contribution in [0.4, 0.5) is 21.9 Å². The number of cyclic esters (lactones) is 1. The van der Waals surface area contributed by atoms with Crippen LogP contribution >= 0.6 is 23.2 Å². The first-order chi connectivity index (χ1) is 12.5. The number of nitrogens with zero attached hydrogens (tertiary/aromatic N) is 1. The molecular formula is C18H17Cl2N3O3. The minimum absolute atomic E-state index is 0.264. The van der Waals surface area contributed by atoms with Crippen molar-refractivity contribution in [3.8, 4) is 0 Å². The molecule has 0 bridgehead atoms. The molecule has 3 rings (SSSR count). The second kappa shape index (κ2) is 7.85. The van der Waals surface area contributed by atoms with Crippen LogP contribution in [0.3, 0.4) is 0 Å². The highest BCUT2D eigenvalue weighted by molar-refractivity contribution is 6.44. The summed E-state index contributed by atoms with van der Waals surface area (Å²) in [6, 6.07) is 11.7. The zero-order valence-electron chi connectivity index (χ0n) is 14.0. The lowest BCUT2D eigenvalue weighted by atomic mass is 10.2. The van der Waals surface area contributed by atoms with E-state index in [1.807, 2.05) is 18.2 Å². The van der Waals surface area contributed by atoms with Gasteiger partial charge in [0, 0.05) is 11.4 Å². The van der Waals surface area contributed by atoms with Gasteiger partial charge in [-0.3, -0.25) is 9.69 Å². The number of hydrogen-bond donors (Lipinski definition) is 2. The van der Waals surface area contributed by atoms with Crippen molar-refractivity contribution < 1.29 is 14.3 Å². The summed E-state index contributed by atoms with van der Waals surface area (Å²) in [5.74, 6) is -0.264. The maximum Gasteiger partial charge on any atom is 0.414 e. The van der Waals surface area contributed by atoms with Crippen molar-refractivity contribution in [2.24, 2.45) is 0 Å². The highest BCUT2D eigenvalue weighted by atomic mass is 35.5. The van der Waals surface area contributed by atoms with Gasteiger partial charge in [-0.2, -0.15) is 0 Å². The molecular weight excluding hydrogens is 377 g/mol. The van der Waals surface area contributed by atoms with Crippen LogP contribution in [-0.2, 0) is 9.53 Å². The Morgan fingerprint density at radius 3 is 2.73 bits per heavy atom. The van der Waals surface area contributed by atoms with Gasteiger partial charge in [0.15, 0.2) is 0 Å². The van der Waals surface area contributed by atoms with E-state index in [-0.39, 0.29) is 12.0 Å². The van der Waals surface area contributed by atoms with Gasteiger partial charge in [-0.15, -0.1) is 0 Å². The quantitative estimate of drug-likeness (QED) is 0.789. The van der Waals surface area contributed by atoms with Crippen molar-refractivity contribution in [1.29, 1.82) is 0 Å². The number of hydrogen-bond acceptors (Lipinski definition) is 4. The van der Waals surface area contributed by atoms with Gasteiger partial charge >= 0.3 is 6.09 Å². The normalized spacial score (nSPS) is 14.7. The third-order valence-electron chi connectivity index (χ3n) is 3.90. The molecule has 1 aliphatic rings. The van der Waals surface area contributed by atoms with Crippen molar-refractivity contribution >= 4 is 52.3 Å². The molecule has 1 atom stereocenters. The van der Waals surface area contributed by atoms with Crippen molar-refractivity contribution in [2.45, 2.75) is 13.0 Å². The molecule has 1 aliphatic heterocycles. The Kier molecular flexibility index (Phi) is 5.54. The minimum Gasteiger partial charge on any atom is -0.447 e. The molecule has 2 N–H and O–H groups in total. The van der Waals surface area contributed by atoms with Crippen molar-refractivity contribution in [3.63, 3.8) is 0 Å². The SMILES string of the molecule is CC(Nc1cccc(N2CCOC2=O)c1)C(=O)Nc1cccc(Cl)c1Cl. The van der Waals surface area contributed by atoms with Gasteiger partial charge in [0.25, 0.3) is 0 Å². The number of amides is 2. The summed E-state index contributed by atoms with van der Waals surface area (Å²) >= 11 is 12.0.